The third-order valence-corrected chi connectivity index (χ3v) is 6.00. The van der Waals surface area contributed by atoms with E-state index in [0.29, 0.717) is 17.4 Å². The first-order valence-electron chi connectivity index (χ1n) is 7.47. The Bertz CT molecular complexity index is 513. The Labute approximate surface area is 122 Å². The summed E-state index contributed by atoms with van der Waals surface area (Å²) in [7, 11) is -0.728. The molecule has 0 spiro atoms. The summed E-state index contributed by atoms with van der Waals surface area (Å²) in [6, 6.07) is 10.8. The summed E-state index contributed by atoms with van der Waals surface area (Å²) in [5.41, 5.74) is 1.36. The summed E-state index contributed by atoms with van der Waals surface area (Å²) in [4.78, 5) is 2.25. The molecule has 1 aliphatic heterocycles. The van der Waals surface area contributed by atoms with E-state index in [0.717, 1.165) is 25.8 Å². The van der Waals surface area contributed by atoms with Gasteiger partial charge < -0.3 is 4.90 Å². The molecule has 0 aliphatic carbocycles. The van der Waals surface area contributed by atoms with Crippen molar-refractivity contribution in [2.24, 2.45) is 0 Å². The van der Waals surface area contributed by atoms with Crippen molar-refractivity contribution >= 4 is 9.84 Å². The monoisotopic (exact) mass is 295 g/mol. The first-order chi connectivity index (χ1) is 9.52. The highest BCUT2D eigenvalue weighted by Gasteiger charge is 2.31. The molecule has 1 saturated heterocycles. The fraction of sp³-hybridized carbons (Fsp3) is 0.625. The molecule has 20 heavy (non-hydrogen) atoms. The van der Waals surface area contributed by atoms with Gasteiger partial charge in [0.15, 0.2) is 9.84 Å². The molecule has 1 aromatic rings. The van der Waals surface area contributed by atoms with Crippen molar-refractivity contribution in [1.82, 2.24) is 4.90 Å². The van der Waals surface area contributed by atoms with Gasteiger partial charge in [-0.25, -0.2) is 8.42 Å². The Balaban J connectivity index is 2.01. The average molecular weight is 295 g/mol. The molecule has 0 bridgehead atoms. The Kier molecular flexibility index (Phi) is 5.22. The molecule has 1 aliphatic rings. The van der Waals surface area contributed by atoms with E-state index in [-0.39, 0.29) is 6.04 Å². The van der Waals surface area contributed by atoms with Gasteiger partial charge in [-0.1, -0.05) is 43.7 Å². The zero-order valence-corrected chi connectivity index (χ0v) is 13.3. The molecule has 0 radical (unpaired) electrons. The van der Waals surface area contributed by atoms with Crippen molar-refractivity contribution in [3.8, 4) is 0 Å². The van der Waals surface area contributed by atoms with Gasteiger partial charge in [-0.2, -0.15) is 0 Å². The lowest BCUT2D eigenvalue weighted by Crippen LogP contribution is -2.35. The van der Waals surface area contributed by atoms with Crippen LogP contribution in [0.5, 0.6) is 0 Å². The highest BCUT2D eigenvalue weighted by Crippen LogP contribution is 2.25. The van der Waals surface area contributed by atoms with E-state index >= 15 is 0 Å². The number of likely N-dealkylation sites (N-methyl/N-ethyl adjacent to an activating group) is 1. The van der Waals surface area contributed by atoms with Crippen LogP contribution in [0.1, 0.15) is 37.7 Å². The molecule has 1 fully saturated rings. The van der Waals surface area contributed by atoms with Crippen LogP contribution in [0.3, 0.4) is 0 Å². The summed E-state index contributed by atoms with van der Waals surface area (Å²) in [6.07, 6.45) is 3.08. The Morgan fingerprint density at radius 1 is 1.30 bits per heavy atom. The fourth-order valence-corrected chi connectivity index (χ4v) is 4.86. The minimum Gasteiger partial charge on any atom is -0.302 e. The maximum atomic E-state index is 11.6. The van der Waals surface area contributed by atoms with Crippen molar-refractivity contribution in [3.63, 3.8) is 0 Å². The van der Waals surface area contributed by atoms with Crippen molar-refractivity contribution in [2.45, 2.75) is 38.1 Å². The molecular weight excluding hydrogens is 270 g/mol. The quantitative estimate of drug-likeness (QED) is 0.810. The van der Waals surface area contributed by atoms with Crippen LogP contribution in [0.25, 0.3) is 0 Å². The second-order valence-electron chi connectivity index (χ2n) is 5.89. The van der Waals surface area contributed by atoms with E-state index < -0.39 is 9.84 Å². The van der Waals surface area contributed by atoms with Gasteiger partial charge in [0, 0.05) is 12.6 Å². The molecule has 1 aromatic carbocycles. The molecule has 112 valence electrons. The standard InChI is InChI=1S/C16H25NO2S/c1-3-7-15(14-8-5-4-6-9-14)12-17(2)16-10-11-20(18,19)13-16/h4-6,8-9,15-16H,3,7,10-13H2,1-2H3. The molecule has 2 unspecified atom stereocenters. The van der Waals surface area contributed by atoms with E-state index in [2.05, 4.69) is 43.1 Å². The third-order valence-electron chi connectivity index (χ3n) is 4.25. The van der Waals surface area contributed by atoms with Crippen molar-refractivity contribution in [3.05, 3.63) is 35.9 Å². The first kappa shape index (κ1) is 15.5. The highest BCUT2D eigenvalue weighted by atomic mass is 32.2. The summed E-state index contributed by atoms with van der Waals surface area (Å²) in [5.74, 6) is 1.18. The zero-order chi connectivity index (χ0) is 14.6. The maximum absolute atomic E-state index is 11.6. The summed E-state index contributed by atoms with van der Waals surface area (Å²) in [5, 5.41) is 0. The van der Waals surface area contributed by atoms with Gasteiger partial charge in [0.25, 0.3) is 0 Å². The highest BCUT2D eigenvalue weighted by molar-refractivity contribution is 7.91. The third kappa shape index (κ3) is 4.06. The van der Waals surface area contributed by atoms with E-state index in [1.165, 1.54) is 5.56 Å². The van der Waals surface area contributed by atoms with Crippen molar-refractivity contribution in [1.29, 1.82) is 0 Å². The Morgan fingerprint density at radius 2 is 2.00 bits per heavy atom. The van der Waals surface area contributed by atoms with Gasteiger partial charge >= 0.3 is 0 Å². The van der Waals surface area contributed by atoms with Gasteiger partial charge in [-0.15, -0.1) is 0 Å². The van der Waals surface area contributed by atoms with E-state index in [4.69, 9.17) is 0 Å². The van der Waals surface area contributed by atoms with Crippen LogP contribution >= 0.6 is 0 Å². The van der Waals surface area contributed by atoms with Crippen LogP contribution < -0.4 is 0 Å². The van der Waals surface area contributed by atoms with Crippen LogP contribution in [0.15, 0.2) is 30.3 Å². The lowest BCUT2D eigenvalue weighted by Gasteiger charge is -2.28. The molecule has 0 saturated carbocycles. The van der Waals surface area contributed by atoms with Crippen LogP contribution in [0, 0.1) is 0 Å². The SMILES string of the molecule is CCCC(CN(C)C1CCS(=O)(=O)C1)c1ccccc1. The molecule has 0 aromatic heterocycles. The molecule has 3 nitrogen and oxygen atoms in total. The molecule has 0 N–H and O–H groups in total. The van der Waals surface area contributed by atoms with Crippen molar-refractivity contribution in [2.75, 3.05) is 25.1 Å². The molecule has 0 amide bonds. The second-order valence-corrected chi connectivity index (χ2v) is 8.12. The normalized spacial score (nSPS) is 23.1. The average Bonchev–Trinajstić information content (AvgIpc) is 2.80. The van der Waals surface area contributed by atoms with E-state index in [9.17, 15) is 8.42 Å². The fourth-order valence-electron chi connectivity index (χ4n) is 3.06. The molecule has 4 heteroatoms. The first-order valence-corrected chi connectivity index (χ1v) is 9.29. The van der Waals surface area contributed by atoms with Crippen molar-refractivity contribution < 1.29 is 8.42 Å². The predicted molar refractivity (Wildman–Crippen MR) is 83.8 cm³/mol. The lowest BCUT2D eigenvalue weighted by molar-refractivity contribution is 0.241. The minimum atomic E-state index is -2.79. The number of sulfone groups is 1. The minimum absolute atomic E-state index is 0.197. The Morgan fingerprint density at radius 3 is 2.55 bits per heavy atom. The molecular formula is C16H25NO2S. The number of hydrogen-bond acceptors (Lipinski definition) is 3. The smallest absolute Gasteiger partial charge is 0.151 e. The van der Waals surface area contributed by atoms with Crippen LogP contribution in [0.4, 0.5) is 0 Å². The molecule has 2 rings (SSSR count). The number of rotatable bonds is 6. The van der Waals surface area contributed by atoms with Crippen LogP contribution in [-0.2, 0) is 9.84 Å². The second kappa shape index (κ2) is 6.72. The zero-order valence-electron chi connectivity index (χ0n) is 12.5. The van der Waals surface area contributed by atoms with Crippen LogP contribution in [0.2, 0.25) is 0 Å². The summed E-state index contributed by atoms with van der Waals surface area (Å²) in [6.45, 7) is 3.15. The van der Waals surface area contributed by atoms with Gasteiger partial charge in [0.1, 0.15) is 0 Å². The van der Waals surface area contributed by atoms with E-state index in [1.54, 1.807) is 0 Å². The largest absolute Gasteiger partial charge is 0.302 e. The van der Waals surface area contributed by atoms with Crippen LogP contribution in [-0.4, -0.2) is 44.5 Å². The Hall–Kier alpha value is -0.870. The van der Waals surface area contributed by atoms with E-state index in [1.807, 2.05) is 6.07 Å². The molecule has 2 atom stereocenters. The maximum Gasteiger partial charge on any atom is 0.151 e. The van der Waals surface area contributed by atoms with Gasteiger partial charge in [0.2, 0.25) is 0 Å². The summed E-state index contributed by atoms with van der Waals surface area (Å²) < 4.78 is 23.2. The topological polar surface area (TPSA) is 37.4 Å². The predicted octanol–water partition coefficient (Wildman–Crippen LogP) is 2.69. The number of nitrogens with zero attached hydrogens (tertiary/aromatic N) is 1. The molecule has 1 heterocycles. The summed E-state index contributed by atoms with van der Waals surface area (Å²) >= 11 is 0. The van der Waals surface area contributed by atoms with Gasteiger partial charge in [-0.05, 0) is 31.4 Å². The number of benzene rings is 1. The van der Waals surface area contributed by atoms with Gasteiger partial charge in [-0.3, -0.25) is 0 Å². The lowest BCUT2D eigenvalue weighted by atomic mass is 9.93. The number of hydrogen-bond donors (Lipinski definition) is 0. The van der Waals surface area contributed by atoms with Gasteiger partial charge in [0.05, 0.1) is 11.5 Å².